The van der Waals surface area contributed by atoms with Crippen molar-refractivity contribution in [2.45, 2.75) is 5.75 Å². The number of hydrogen-bond donors (Lipinski definition) is 1. The van der Waals surface area contributed by atoms with Crippen LogP contribution >= 0.6 is 0 Å². The highest BCUT2D eigenvalue weighted by molar-refractivity contribution is 7.84. The van der Waals surface area contributed by atoms with Gasteiger partial charge in [0.15, 0.2) is 0 Å². The first kappa shape index (κ1) is 10.3. The number of benzene rings is 1. The molecule has 0 fully saturated rings. The van der Waals surface area contributed by atoms with Crippen LogP contribution < -0.4 is 0 Å². The summed E-state index contributed by atoms with van der Waals surface area (Å²) < 4.78 is 24.1. The van der Waals surface area contributed by atoms with Crippen LogP contribution in [0.4, 0.5) is 4.39 Å². The summed E-state index contributed by atoms with van der Waals surface area (Å²) in [5.74, 6) is 0.0375. The van der Waals surface area contributed by atoms with Gasteiger partial charge in [0.2, 0.25) is 0 Å². The van der Waals surface area contributed by atoms with E-state index < -0.39 is 10.8 Å². The lowest BCUT2D eigenvalue weighted by Crippen LogP contribution is -2.05. The van der Waals surface area contributed by atoms with Crippen molar-refractivity contribution >= 4 is 10.8 Å². The Hall–Kier alpha value is -0.740. The lowest BCUT2D eigenvalue weighted by Gasteiger charge is -2.01. The second-order valence-electron chi connectivity index (χ2n) is 2.60. The van der Waals surface area contributed by atoms with E-state index in [1.165, 1.54) is 6.07 Å². The summed E-state index contributed by atoms with van der Waals surface area (Å²) in [5.41, 5.74) is 0.439. The van der Waals surface area contributed by atoms with Gasteiger partial charge >= 0.3 is 0 Å². The van der Waals surface area contributed by atoms with E-state index in [0.717, 1.165) is 0 Å². The normalized spacial score (nSPS) is 12.8. The van der Waals surface area contributed by atoms with Gasteiger partial charge in [-0.05, 0) is 6.07 Å². The Morgan fingerprint density at radius 2 is 2.08 bits per heavy atom. The fourth-order valence-corrected chi connectivity index (χ4v) is 1.89. The monoisotopic (exact) mass is 202 g/mol. The van der Waals surface area contributed by atoms with E-state index in [4.69, 9.17) is 5.11 Å². The van der Waals surface area contributed by atoms with Crippen molar-refractivity contribution in [3.05, 3.63) is 35.6 Å². The third-order valence-electron chi connectivity index (χ3n) is 1.59. The summed E-state index contributed by atoms with van der Waals surface area (Å²) in [5, 5.41) is 8.50. The molecule has 1 unspecified atom stereocenters. The van der Waals surface area contributed by atoms with Gasteiger partial charge in [-0.15, -0.1) is 0 Å². The molecule has 72 valence electrons. The number of hydrogen-bond acceptors (Lipinski definition) is 2. The minimum atomic E-state index is -1.17. The van der Waals surface area contributed by atoms with E-state index in [0.29, 0.717) is 5.56 Å². The number of aliphatic hydroxyl groups is 1. The lowest BCUT2D eigenvalue weighted by atomic mass is 10.2. The van der Waals surface area contributed by atoms with Crippen LogP contribution in [-0.2, 0) is 16.6 Å². The van der Waals surface area contributed by atoms with Crippen LogP contribution in [-0.4, -0.2) is 21.7 Å². The Morgan fingerprint density at radius 1 is 1.38 bits per heavy atom. The molecule has 0 aliphatic carbocycles. The molecule has 13 heavy (non-hydrogen) atoms. The zero-order valence-electron chi connectivity index (χ0n) is 7.07. The summed E-state index contributed by atoms with van der Waals surface area (Å²) in [7, 11) is -1.17. The molecule has 2 nitrogen and oxygen atoms in total. The van der Waals surface area contributed by atoms with E-state index in [-0.39, 0.29) is 23.9 Å². The van der Waals surface area contributed by atoms with Gasteiger partial charge in [-0.3, -0.25) is 4.21 Å². The van der Waals surface area contributed by atoms with E-state index in [9.17, 15) is 8.60 Å². The third-order valence-corrected chi connectivity index (χ3v) is 2.86. The van der Waals surface area contributed by atoms with Gasteiger partial charge in [0, 0.05) is 22.1 Å². The van der Waals surface area contributed by atoms with Crippen molar-refractivity contribution in [2.75, 3.05) is 12.4 Å². The molecule has 0 radical (unpaired) electrons. The highest BCUT2D eigenvalue weighted by Crippen LogP contribution is 2.08. The van der Waals surface area contributed by atoms with E-state index >= 15 is 0 Å². The molecule has 4 heteroatoms. The summed E-state index contributed by atoms with van der Waals surface area (Å²) in [6, 6.07) is 6.23. The average Bonchev–Trinajstić information content (AvgIpc) is 2.09. The van der Waals surface area contributed by atoms with Crippen molar-refractivity contribution < 1.29 is 13.7 Å². The van der Waals surface area contributed by atoms with Crippen molar-refractivity contribution in [1.82, 2.24) is 0 Å². The maximum atomic E-state index is 13.0. The predicted octanol–water partition coefficient (Wildman–Crippen LogP) is 1.07. The van der Waals surface area contributed by atoms with Crippen LogP contribution in [0.1, 0.15) is 5.56 Å². The minimum Gasteiger partial charge on any atom is -0.395 e. The van der Waals surface area contributed by atoms with Crippen LogP contribution in [0, 0.1) is 5.82 Å². The Bertz CT molecular complexity index is 301. The van der Waals surface area contributed by atoms with Crippen molar-refractivity contribution in [3.63, 3.8) is 0 Å². The zero-order chi connectivity index (χ0) is 9.68. The molecule has 0 heterocycles. The number of aliphatic hydroxyl groups excluding tert-OH is 1. The highest BCUT2D eigenvalue weighted by Gasteiger charge is 2.04. The smallest absolute Gasteiger partial charge is 0.127 e. The predicted molar refractivity (Wildman–Crippen MR) is 50.2 cm³/mol. The summed E-state index contributed by atoms with van der Waals surface area (Å²) >= 11 is 0. The Kier molecular flexibility index (Phi) is 4.05. The van der Waals surface area contributed by atoms with E-state index in [2.05, 4.69) is 0 Å². The van der Waals surface area contributed by atoms with Crippen LogP contribution in [0.2, 0.25) is 0 Å². The van der Waals surface area contributed by atoms with Gasteiger partial charge in [-0.2, -0.15) is 0 Å². The van der Waals surface area contributed by atoms with Gasteiger partial charge < -0.3 is 5.11 Å². The molecule has 0 bridgehead atoms. The average molecular weight is 202 g/mol. The Balaban J connectivity index is 2.63. The van der Waals surface area contributed by atoms with Gasteiger partial charge in [0.25, 0.3) is 0 Å². The Labute approximate surface area is 78.9 Å². The molecule has 0 amide bonds. The van der Waals surface area contributed by atoms with E-state index in [1.807, 2.05) is 0 Å². The van der Waals surface area contributed by atoms with Crippen molar-refractivity contribution in [2.24, 2.45) is 0 Å². The number of rotatable bonds is 4. The van der Waals surface area contributed by atoms with Gasteiger partial charge in [-0.1, -0.05) is 18.2 Å². The molecule has 0 aromatic heterocycles. The Morgan fingerprint density at radius 3 is 2.69 bits per heavy atom. The second kappa shape index (κ2) is 5.09. The van der Waals surface area contributed by atoms with E-state index in [1.54, 1.807) is 18.2 Å². The molecule has 1 aromatic rings. The SMILES string of the molecule is O=S(CCO)Cc1ccccc1F. The minimum absolute atomic E-state index is 0.124. The first-order valence-corrected chi connectivity index (χ1v) is 5.42. The zero-order valence-corrected chi connectivity index (χ0v) is 7.89. The summed E-state index contributed by atoms with van der Waals surface area (Å²) in [6.07, 6.45) is 0. The molecule has 1 aromatic carbocycles. The molecular weight excluding hydrogens is 191 g/mol. The van der Waals surface area contributed by atoms with Crippen LogP contribution in [0.3, 0.4) is 0 Å². The van der Waals surface area contributed by atoms with Crippen LogP contribution in [0.5, 0.6) is 0 Å². The summed E-state index contributed by atoms with van der Waals surface area (Å²) in [6.45, 7) is -0.124. The quantitative estimate of drug-likeness (QED) is 0.793. The summed E-state index contributed by atoms with van der Waals surface area (Å²) in [4.78, 5) is 0. The van der Waals surface area contributed by atoms with Gasteiger partial charge in [0.05, 0.1) is 12.4 Å². The topological polar surface area (TPSA) is 37.3 Å². The van der Waals surface area contributed by atoms with Crippen molar-refractivity contribution in [1.29, 1.82) is 0 Å². The van der Waals surface area contributed by atoms with Crippen LogP contribution in [0.15, 0.2) is 24.3 Å². The fraction of sp³-hybridized carbons (Fsp3) is 0.333. The maximum Gasteiger partial charge on any atom is 0.127 e. The molecule has 1 atom stereocenters. The first-order valence-electron chi connectivity index (χ1n) is 3.93. The highest BCUT2D eigenvalue weighted by atomic mass is 32.2. The second-order valence-corrected chi connectivity index (χ2v) is 4.18. The first-order chi connectivity index (χ1) is 6.24. The standard InChI is InChI=1S/C9H11FO2S/c10-9-4-2-1-3-8(9)7-13(12)6-5-11/h1-4,11H,5-7H2. The molecular formula is C9H11FO2S. The van der Waals surface area contributed by atoms with Gasteiger partial charge in [0.1, 0.15) is 5.82 Å². The van der Waals surface area contributed by atoms with Crippen LogP contribution in [0.25, 0.3) is 0 Å². The molecule has 0 spiro atoms. The molecule has 0 aliphatic rings. The third kappa shape index (κ3) is 3.24. The molecule has 0 aliphatic heterocycles. The molecule has 0 saturated carbocycles. The molecule has 0 saturated heterocycles. The van der Waals surface area contributed by atoms with Crippen molar-refractivity contribution in [3.8, 4) is 0 Å². The molecule has 1 rings (SSSR count). The number of halogens is 1. The van der Waals surface area contributed by atoms with Gasteiger partial charge in [-0.25, -0.2) is 4.39 Å². The lowest BCUT2D eigenvalue weighted by molar-refractivity contribution is 0.321. The largest absolute Gasteiger partial charge is 0.395 e. The fourth-order valence-electron chi connectivity index (χ4n) is 0.963. The maximum absolute atomic E-state index is 13.0. The molecule has 1 N–H and O–H groups in total.